The van der Waals surface area contributed by atoms with Crippen LogP contribution in [0.5, 0.6) is 5.75 Å². The van der Waals surface area contributed by atoms with Gasteiger partial charge in [0.05, 0.1) is 24.6 Å². The van der Waals surface area contributed by atoms with E-state index < -0.39 is 5.91 Å². The number of aliphatic hydroxyl groups is 1. The summed E-state index contributed by atoms with van der Waals surface area (Å²) in [7, 11) is 0. The molecule has 134 valence electrons. The van der Waals surface area contributed by atoms with Crippen molar-refractivity contribution in [3.05, 3.63) is 58.9 Å². The van der Waals surface area contributed by atoms with Gasteiger partial charge in [-0.2, -0.15) is 0 Å². The van der Waals surface area contributed by atoms with Crippen LogP contribution in [-0.4, -0.2) is 22.6 Å². The van der Waals surface area contributed by atoms with Gasteiger partial charge in [-0.25, -0.2) is 0 Å². The summed E-state index contributed by atoms with van der Waals surface area (Å²) in [6, 6.07) is 8.61. The Morgan fingerprint density at radius 3 is 2.88 bits per heavy atom. The Kier molecular flexibility index (Phi) is 4.99. The first-order chi connectivity index (χ1) is 12.5. The normalized spacial score (nSPS) is 10.7. The number of nitrogens with zero attached hydrogens (tertiary/aromatic N) is 1. The van der Waals surface area contributed by atoms with Crippen LogP contribution in [0.3, 0.4) is 0 Å². The van der Waals surface area contributed by atoms with E-state index in [0.29, 0.717) is 40.3 Å². The molecular weight excluding hydrogens is 334 g/mol. The number of carbonyl (C=O) groups excluding carboxylic acids is 1. The minimum absolute atomic E-state index is 0.0594. The van der Waals surface area contributed by atoms with E-state index in [2.05, 4.69) is 10.3 Å². The molecule has 0 saturated carbocycles. The lowest BCUT2D eigenvalue weighted by molar-refractivity contribution is 0.102. The zero-order valence-corrected chi connectivity index (χ0v) is 14.5. The summed E-state index contributed by atoms with van der Waals surface area (Å²) in [5.74, 6) is 0.0508. The maximum atomic E-state index is 12.7. The van der Waals surface area contributed by atoms with E-state index in [4.69, 9.17) is 14.6 Å². The van der Waals surface area contributed by atoms with Crippen molar-refractivity contribution in [2.24, 2.45) is 0 Å². The molecule has 3 N–H and O–H groups in total. The number of ether oxygens (including phenoxy) is 1. The van der Waals surface area contributed by atoms with Crippen LogP contribution in [0.1, 0.15) is 28.5 Å². The molecule has 3 aromatic rings. The van der Waals surface area contributed by atoms with Gasteiger partial charge in [0.25, 0.3) is 5.91 Å². The van der Waals surface area contributed by atoms with Crippen LogP contribution < -0.4 is 15.6 Å². The van der Waals surface area contributed by atoms with Crippen molar-refractivity contribution in [3.63, 3.8) is 0 Å². The molecule has 0 aliphatic carbocycles. The number of carbonyl (C=O) groups is 1. The van der Waals surface area contributed by atoms with Gasteiger partial charge < -0.3 is 19.6 Å². The number of para-hydroxylation sites is 2. The van der Waals surface area contributed by atoms with E-state index in [9.17, 15) is 9.90 Å². The van der Waals surface area contributed by atoms with Gasteiger partial charge in [-0.3, -0.25) is 15.2 Å². The Morgan fingerprint density at radius 1 is 1.38 bits per heavy atom. The third kappa shape index (κ3) is 3.29. The average Bonchev–Trinajstić information content (AvgIpc) is 2.64. The maximum absolute atomic E-state index is 12.7. The molecule has 26 heavy (non-hydrogen) atoms. The number of hydrogen-bond acceptors (Lipinski definition) is 6. The van der Waals surface area contributed by atoms with Gasteiger partial charge in [0, 0.05) is 17.1 Å². The molecule has 0 atom stereocenters. The summed E-state index contributed by atoms with van der Waals surface area (Å²) >= 11 is 0. The largest absolute Gasteiger partial charge is 0.492 e. The van der Waals surface area contributed by atoms with Crippen molar-refractivity contribution >= 4 is 22.6 Å². The highest BCUT2D eigenvalue weighted by Crippen LogP contribution is 2.25. The van der Waals surface area contributed by atoms with Crippen LogP contribution in [0.25, 0.3) is 11.0 Å². The van der Waals surface area contributed by atoms with E-state index in [1.165, 1.54) is 6.20 Å². The average molecular weight is 353 g/mol. The van der Waals surface area contributed by atoms with Crippen molar-refractivity contribution in [2.45, 2.75) is 20.5 Å². The Morgan fingerprint density at radius 2 is 2.15 bits per heavy atom. The number of anilines is 1. The van der Waals surface area contributed by atoms with Crippen molar-refractivity contribution in [1.82, 2.24) is 4.98 Å². The van der Waals surface area contributed by atoms with Crippen molar-refractivity contribution in [1.29, 1.82) is 5.41 Å². The van der Waals surface area contributed by atoms with Crippen molar-refractivity contribution in [3.8, 4) is 5.75 Å². The molecule has 7 nitrogen and oxygen atoms in total. The van der Waals surface area contributed by atoms with Crippen LogP contribution in [0.4, 0.5) is 5.69 Å². The Bertz CT molecular complexity index is 1030. The maximum Gasteiger partial charge on any atom is 0.261 e. The number of rotatable bonds is 5. The van der Waals surface area contributed by atoms with E-state index in [1.54, 1.807) is 31.2 Å². The van der Waals surface area contributed by atoms with Gasteiger partial charge in [0.1, 0.15) is 11.3 Å². The monoisotopic (exact) mass is 353 g/mol. The topological polar surface area (TPSA) is 108 Å². The molecule has 0 unspecified atom stereocenters. The zero-order chi connectivity index (χ0) is 18.7. The quantitative estimate of drug-likeness (QED) is 0.653. The summed E-state index contributed by atoms with van der Waals surface area (Å²) in [4.78, 5) is 16.8. The summed E-state index contributed by atoms with van der Waals surface area (Å²) in [6.45, 7) is 3.82. The highest BCUT2D eigenvalue weighted by atomic mass is 16.5. The first kappa shape index (κ1) is 17.6. The molecule has 1 amide bonds. The highest BCUT2D eigenvalue weighted by Gasteiger charge is 2.16. The summed E-state index contributed by atoms with van der Waals surface area (Å²) in [5, 5.41) is 20.9. The molecule has 0 fully saturated rings. The van der Waals surface area contributed by atoms with Crippen molar-refractivity contribution in [2.75, 3.05) is 11.9 Å². The predicted molar refractivity (Wildman–Crippen MR) is 96.1 cm³/mol. The van der Waals surface area contributed by atoms with E-state index in [-0.39, 0.29) is 17.7 Å². The second-order valence-corrected chi connectivity index (χ2v) is 5.64. The highest BCUT2D eigenvalue weighted by molar-refractivity contribution is 6.06. The Balaban J connectivity index is 2.04. The molecule has 0 aliphatic heterocycles. The molecule has 1 aromatic carbocycles. The van der Waals surface area contributed by atoms with Gasteiger partial charge in [-0.05, 0) is 32.0 Å². The number of aliphatic hydroxyl groups excluding tert-OH is 1. The zero-order valence-electron chi connectivity index (χ0n) is 14.5. The predicted octanol–water partition coefficient (Wildman–Crippen LogP) is 2.76. The third-order valence-corrected chi connectivity index (χ3v) is 3.92. The van der Waals surface area contributed by atoms with Gasteiger partial charge >= 0.3 is 0 Å². The molecule has 3 rings (SSSR count). The Labute approximate surface area is 149 Å². The van der Waals surface area contributed by atoms with E-state index in [0.717, 1.165) is 0 Å². The number of pyridine rings is 1. The fourth-order valence-electron chi connectivity index (χ4n) is 2.63. The molecule has 2 heterocycles. The van der Waals surface area contributed by atoms with Gasteiger partial charge in [-0.15, -0.1) is 0 Å². The number of benzene rings is 1. The molecule has 0 spiro atoms. The van der Waals surface area contributed by atoms with Crippen LogP contribution in [0.15, 0.2) is 40.9 Å². The molecule has 0 aliphatic rings. The first-order valence-corrected chi connectivity index (χ1v) is 8.16. The Hall–Kier alpha value is -3.19. The smallest absolute Gasteiger partial charge is 0.261 e. The number of fused-ring (bicyclic) bond motifs is 1. The second-order valence-electron chi connectivity index (χ2n) is 5.64. The van der Waals surface area contributed by atoms with Gasteiger partial charge in [0.2, 0.25) is 5.55 Å². The van der Waals surface area contributed by atoms with Gasteiger partial charge in [-0.1, -0.05) is 12.1 Å². The molecule has 0 saturated heterocycles. The van der Waals surface area contributed by atoms with Crippen LogP contribution in [-0.2, 0) is 6.61 Å². The number of aromatic nitrogens is 1. The minimum Gasteiger partial charge on any atom is -0.492 e. The SMILES string of the molecule is CCOc1ccccc1NC(=O)c1cc2c(CO)cnc(C)c2oc1=N. The van der Waals surface area contributed by atoms with Gasteiger partial charge in [0.15, 0.2) is 5.58 Å². The lowest BCUT2D eigenvalue weighted by atomic mass is 10.1. The summed E-state index contributed by atoms with van der Waals surface area (Å²) < 4.78 is 11.0. The standard InChI is InChI=1S/C19H19N3O4/c1-3-25-16-7-5-4-6-15(16)22-19(24)14-8-13-12(10-23)9-21-11(2)17(13)26-18(14)20/h4-9,20,23H,3,10H2,1-2H3,(H,22,24). The number of aryl methyl sites for hydroxylation is 1. The lowest BCUT2D eigenvalue weighted by Crippen LogP contribution is -2.21. The van der Waals surface area contributed by atoms with Crippen molar-refractivity contribution < 1.29 is 19.1 Å². The van der Waals surface area contributed by atoms with E-state index >= 15 is 0 Å². The second kappa shape index (κ2) is 7.37. The molecule has 0 bridgehead atoms. The van der Waals surface area contributed by atoms with Crippen LogP contribution >= 0.6 is 0 Å². The number of amides is 1. The molecule has 7 heteroatoms. The summed E-state index contributed by atoms with van der Waals surface area (Å²) in [5.41, 5.74) is 1.78. The minimum atomic E-state index is -0.494. The third-order valence-electron chi connectivity index (χ3n) is 3.92. The van der Waals surface area contributed by atoms with Crippen LogP contribution in [0.2, 0.25) is 0 Å². The fraction of sp³-hybridized carbons (Fsp3) is 0.211. The lowest BCUT2D eigenvalue weighted by Gasteiger charge is -2.12. The molecule has 0 radical (unpaired) electrons. The first-order valence-electron chi connectivity index (χ1n) is 8.16. The number of hydrogen-bond donors (Lipinski definition) is 3. The number of nitrogens with one attached hydrogen (secondary N) is 2. The van der Waals surface area contributed by atoms with Crippen LogP contribution in [0, 0.1) is 12.3 Å². The molecule has 2 aromatic heterocycles. The summed E-state index contributed by atoms with van der Waals surface area (Å²) in [6.07, 6.45) is 1.53. The fourth-order valence-corrected chi connectivity index (χ4v) is 2.63. The van der Waals surface area contributed by atoms with E-state index in [1.807, 2.05) is 13.0 Å². The molecular formula is C19H19N3O4.